The molecule has 5 aromatic rings. The molecule has 5 heteroatoms. The van der Waals surface area contributed by atoms with Crippen LogP contribution in [0.2, 0.25) is 0 Å². The molecule has 0 saturated heterocycles. The highest BCUT2D eigenvalue weighted by molar-refractivity contribution is 9.10. The predicted octanol–water partition coefficient (Wildman–Crippen LogP) is 8.54. The van der Waals surface area contributed by atoms with Crippen LogP contribution in [-0.2, 0) is 12.8 Å². The van der Waals surface area contributed by atoms with E-state index in [0.717, 1.165) is 23.0 Å². The predicted molar refractivity (Wildman–Crippen MR) is 155 cm³/mol. The summed E-state index contributed by atoms with van der Waals surface area (Å²) >= 11 is 3.75. The molecule has 0 saturated carbocycles. The number of hydrogen-bond acceptors (Lipinski definition) is 3. The minimum absolute atomic E-state index is 0.992. The van der Waals surface area contributed by atoms with Gasteiger partial charge in [0.05, 0.1) is 17.1 Å². The average Bonchev–Trinajstić information content (AvgIpc) is 3.27. The summed E-state index contributed by atoms with van der Waals surface area (Å²) in [6, 6.07) is 39.3. The first-order chi connectivity index (χ1) is 17.8. The SMILES string of the molecule is Brc1ccc2c(c1)N(c1ccccc1)P(c1cccc3c1-c1ncccc1CC3)N2c1ccccc1. The Kier molecular flexibility index (Phi) is 5.38. The van der Waals surface area contributed by atoms with Crippen LogP contribution in [0.3, 0.4) is 0 Å². The molecule has 174 valence electrons. The summed E-state index contributed by atoms with van der Waals surface area (Å²) in [5.74, 6) is 0. The van der Waals surface area contributed by atoms with Crippen molar-refractivity contribution in [2.45, 2.75) is 12.8 Å². The number of fused-ring (bicyclic) bond motifs is 4. The Morgan fingerprint density at radius 1 is 0.639 bits per heavy atom. The largest absolute Gasteiger partial charge is 0.296 e. The lowest BCUT2D eigenvalue weighted by Gasteiger charge is -2.35. The Morgan fingerprint density at radius 2 is 1.31 bits per heavy atom. The van der Waals surface area contributed by atoms with Crippen LogP contribution in [0.15, 0.2) is 120 Å². The molecule has 4 aromatic carbocycles. The third kappa shape index (κ3) is 3.48. The van der Waals surface area contributed by atoms with E-state index in [4.69, 9.17) is 4.98 Å². The smallest absolute Gasteiger partial charge is 0.139 e. The molecule has 0 N–H and O–H groups in total. The molecule has 2 heterocycles. The highest BCUT2D eigenvalue weighted by Crippen LogP contribution is 2.66. The van der Waals surface area contributed by atoms with Crippen molar-refractivity contribution in [2.75, 3.05) is 9.34 Å². The second kappa shape index (κ2) is 8.89. The summed E-state index contributed by atoms with van der Waals surface area (Å²) in [7, 11) is -0.992. The second-order valence-electron chi connectivity index (χ2n) is 9.04. The van der Waals surface area contributed by atoms with E-state index >= 15 is 0 Å². The zero-order chi connectivity index (χ0) is 24.1. The van der Waals surface area contributed by atoms with Crippen molar-refractivity contribution in [1.82, 2.24) is 4.98 Å². The van der Waals surface area contributed by atoms with Crippen molar-refractivity contribution in [3.8, 4) is 11.3 Å². The van der Waals surface area contributed by atoms with Crippen LogP contribution in [0, 0.1) is 0 Å². The fourth-order valence-corrected chi connectivity index (χ4v) is 8.43. The van der Waals surface area contributed by atoms with Gasteiger partial charge in [-0.15, -0.1) is 0 Å². The number of aryl methyl sites for hydroxylation is 2. The van der Waals surface area contributed by atoms with E-state index in [9.17, 15) is 0 Å². The third-order valence-corrected chi connectivity index (χ3v) is 9.86. The van der Waals surface area contributed by atoms with Crippen LogP contribution in [0.5, 0.6) is 0 Å². The minimum Gasteiger partial charge on any atom is -0.296 e. The van der Waals surface area contributed by atoms with E-state index in [1.807, 2.05) is 6.20 Å². The Morgan fingerprint density at radius 3 is 2.06 bits per heavy atom. The summed E-state index contributed by atoms with van der Waals surface area (Å²) in [6.07, 6.45) is 4.01. The maximum atomic E-state index is 4.92. The fraction of sp³-hybridized carbons (Fsp3) is 0.0645. The van der Waals surface area contributed by atoms with Crippen LogP contribution in [-0.4, -0.2) is 4.98 Å². The number of para-hydroxylation sites is 2. The highest BCUT2D eigenvalue weighted by Gasteiger charge is 2.41. The molecular formula is C31H23BrN3P. The maximum absolute atomic E-state index is 4.92. The van der Waals surface area contributed by atoms with Crippen molar-refractivity contribution in [3.05, 3.63) is 131 Å². The van der Waals surface area contributed by atoms with Gasteiger partial charge in [-0.3, -0.25) is 14.3 Å². The quantitative estimate of drug-likeness (QED) is 0.211. The van der Waals surface area contributed by atoms with E-state index in [1.165, 1.54) is 44.7 Å². The van der Waals surface area contributed by atoms with Crippen molar-refractivity contribution in [3.63, 3.8) is 0 Å². The summed E-state index contributed by atoms with van der Waals surface area (Å²) in [5.41, 5.74) is 9.98. The molecule has 3 nitrogen and oxygen atoms in total. The molecule has 1 aliphatic heterocycles. The lowest BCUT2D eigenvalue weighted by atomic mass is 9.89. The lowest BCUT2D eigenvalue weighted by molar-refractivity contribution is 0.929. The molecule has 1 atom stereocenters. The topological polar surface area (TPSA) is 19.4 Å². The molecule has 0 bridgehead atoms. The van der Waals surface area contributed by atoms with E-state index in [0.29, 0.717) is 0 Å². The Balaban J connectivity index is 1.54. The van der Waals surface area contributed by atoms with Crippen LogP contribution in [0.25, 0.3) is 11.3 Å². The van der Waals surface area contributed by atoms with Gasteiger partial charge in [0, 0.05) is 32.9 Å². The van der Waals surface area contributed by atoms with Crippen molar-refractivity contribution >= 4 is 52.2 Å². The molecular weight excluding hydrogens is 525 g/mol. The third-order valence-electron chi connectivity index (χ3n) is 6.91. The monoisotopic (exact) mass is 547 g/mol. The van der Waals surface area contributed by atoms with Gasteiger partial charge in [-0.05, 0) is 72.5 Å². The number of anilines is 4. The molecule has 1 aliphatic carbocycles. The van der Waals surface area contributed by atoms with Crippen LogP contribution >= 0.6 is 24.2 Å². The summed E-state index contributed by atoms with van der Waals surface area (Å²) in [5, 5.41) is 1.34. The van der Waals surface area contributed by atoms with Gasteiger partial charge in [0.15, 0.2) is 0 Å². The molecule has 0 amide bonds. The van der Waals surface area contributed by atoms with E-state index < -0.39 is 8.22 Å². The number of halogens is 1. The van der Waals surface area contributed by atoms with E-state index in [-0.39, 0.29) is 0 Å². The number of aromatic nitrogens is 1. The number of nitrogens with zero attached hydrogens (tertiary/aromatic N) is 3. The molecule has 0 fully saturated rings. The molecule has 2 aliphatic rings. The molecule has 36 heavy (non-hydrogen) atoms. The van der Waals surface area contributed by atoms with Crippen molar-refractivity contribution in [1.29, 1.82) is 0 Å². The highest BCUT2D eigenvalue weighted by atomic mass is 79.9. The summed E-state index contributed by atoms with van der Waals surface area (Å²) < 4.78 is 6.15. The standard InChI is InChI=1S/C31H23BrN3P/c32-24-18-19-27-28(21-24)35(26-13-5-2-6-14-26)36(34(27)25-11-3-1-4-12-25)29-15-7-9-22-16-17-23-10-8-20-33-31(23)30(22)29/h1-15,18-21H,16-17H2. The molecule has 1 unspecified atom stereocenters. The fourth-order valence-electron chi connectivity index (χ4n) is 5.36. The Hall–Kier alpha value is -3.46. The molecule has 1 aromatic heterocycles. The zero-order valence-electron chi connectivity index (χ0n) is 19.6. The Labute approximate surface area is 221 Å². The van der Waals surface area contributed by atoms with Crippen molar-refractivity contribution in [2.24, 2.45) is 0 Å². The van der Waals surface area contributed by atoms with Gasteiger partial charge in [-0.1, -0.05) is 76.6 Å². The summed E-state index contributed by atoms with van der Waals surface area (Å²) in [6.45, 7) is 0. The maximum Gasteiger partial charge on any atom is 0.139 e. The van der Waals surface area contributed by atoms with Gasteiger partial charge in [-0.2, -0.15) is 0 Å². The zero-order valence-corrected chi connectivity index (χ0v) is 22.0. The van der Waals surface area contributed by atoms with Crippen molar-refractivity contribution < 1.29 is 0 Å². The molecule has 0 spiro atoms. The summed E-state index contributed by atoms with van der Waals surface area (Å²) in [4.78, 5) is 4.92. The number of pyridine rings is 1. The lowest BCUT2D eigenvalue weighted by Crippen LogP contribution is -2.25. The Bertz CT molecular complexity index is 1570. The first-order valence-electron chi connectivity index (χ1n) is 12.2. The van der Waals surface area contributed by atoms with Crippen LogP contribution in [0.1, 0.15) is 11.1 Å². The average molecular weight is 548 g/mol. The van der Waals surface area contributed by atoms with Gasteiger partial charge < -0.3 is 0 Å². The number of hydrogen-bond donors (Lipinski definition) is 0. The molecule has 0 radical (unpaired) electrons. The van der Waals surface area contributed by atoms with E-state index in [1.54, 1.807) is 0 Å². The van der Waals surface area contributed by atoms with Gasteiger partial charge in [0.2, 0.25) is 0 Å². The first-order valence-corrected chi connectivity index (χ1v) is 14.2. The van der Waals surface area contributed by atoms with Gasteiger partial charge in [0.25, 0.3) is 0 Å². The normalized spacial score (nSPS) is 15.9. The van der Waals surface area contributed by atoms with Gasteiger partial charge in [0.1, 0.15) is 8.22 Å². The van der Waals surface area contributed by atoms with Crippen LogP contribution in [0.4, 0.5) is 22.7 Å². The van der Waals surface area contributed by atoms with Gasteiger partial charge in [-0.25, -0.2) is 0 Å². The minimum atomic E-state index is -0.992. The number of rotatable bonds is 3. The van der Waals surface area contributed by atoms with Crippen LogP contribution < -0.4 is 14.6 Å². The van der Waals surface area contributed by atoms with E-state index in [2.05, 4.69) is 134 Å². The first kappa shape index (κ1) is 21.8. The molecule has 7 rings (SSSR count). The van der Waals surface area contributed by atoms with Gasteiger partial charge >= 0.3 is 0 Å². The number of benzene rings is 4. The second-order valence-corrected chi connectivity index (χ2v) is 11.8.